The van der Waals surface area contributed by atoms with Crippen LogP contribution in [0.2, 0.25) is 0 Å². The van der Waals surface area contributed by atoms with Crippen molar-refractivity contribution < 1.29 is 22.4 Å². The molecule has 0 N–H and O–H groups in total. The molecule has 0 radical (unpaired) electrons. The monoisotopic (exact) mass is 332 g/mol. The molecule has 0 bridgehead atoms. The molecule has 2 aromatic carbocycles. The molecule has 2 rings (SSSR count). The van der Waals surface area contributed by atoms with Crippen molar-refractivity contribution >= 4 is 21.7 Å². The van der Waals surface area contributed by atoms with E-state index in [2.05, 4.69) is 15.9 Å². The predicted octanol–water partition coefficient (Wildman–Crippen LogP) is 4.24. The van der Waals surface area contributed by atoms with E-state index in [0.29, 0.717) is 6.07 Å². The van der Waals surface area contributed by atoms with E-state index in [1.54, 1.807) is 0 Å². The summed E-state index contributed by atoms with van der Waals surface area (Å²) >= 11 is 3.01. The molecule has 0 aliphatic heterocycles. The predicted molar refractivity (Wildman–Crippen MR) is 63.8 cm³/mol. The average Bonchev–Trinajstić information content (AvgIpc) is 2.36. The van der Waals surface area contributed by atoms with Crippen molar-refractivity contribution in [2.45, 2.75) is 0 Å². The minimum atomic E-state index is -1.40. The Hall–Kier alpha value is -1.69. The molecule has 0 atom stereocenters. The normalized spacial score (nSPS) is 10.6. The maximum Gasteiger partial charge on any atom is 0.197 e. The van der Waals surface area contributed by atoms with Gasteiger partial charge in [0.2, 0.25) is 0 Å². The SMILES string of the molecule is O=C(c1cc(F)c(F)cc1F)c1cc(F)ccc1Br. The van der Waals surface area contributed by atoms with E-state index >= 15 is 0 Å². The number of hydrogen-bond donors (Lipinski definition) is 0. The zero-order chi connectivity index (χ0) is 14.2. The van der Waals surface area contributed by atoms with Crippen LogP contribution in [0.3, 0.4) is 0 Å². The molecule has 0 aromatic heterocycles. The van der Waals surface area contributed by atoms with E-state index in [4.69, 9.17) is 0 Å². The summed E-state index contributed by atoms with van der Waals surface area (Å²) in [6, 6.07) is 3.97. The van der Waals surface area contributed by atoms with E-state index in [-0.39, 0.29) is 16.1 Å². The zero-order valence-electron chi connectivity index (χ0n) is 9.18. The lowest BCUT2D eigenvalue weighted by atomic mass is 10.0. The Morgan fingerprint density at radius 3 is 2.16 bits per heavy atom. The Labute approximate surface area is 114 Å². The summed E-state index contributed by atoms with van der Waals surface area (Å²) in [5.41, 5.74) is -0.838. The summed E-state index contributed by atoms with van der Waals surface area (Å²) in [7, 11) is 0. The smallest absolute Gasteiger partial charge is 0.197 e. The standard InChI is InChI=1S/C13H5BrF4O/c14-9-2-1-6(15)3-7(9)13(19)8-4-11(17)12(18)5-10(8)16/h1-5H. The number of ketones is 1. The second kappa shape index (κ2) is 5.13. The summed E-state index contributed by atoms with van der Waals surface area (Å²) in [6.07, 6.45) is 0. The van der Waals surface area contributed by atoms with Crippen molar-refractivity contribution in [1.82, 2.24) is 0 Å². The molecule has 6 heteroatoms. The number of hydrogen-bond acceptors (Lipinski definition) is 1. The van der Waals surface area contributed by atoms with Gasteiger partial charge in [-0.3, -0.25) is 4.79 Å². The highest BCUT2D eigenvalue weighted by Gasteiger charge is 2.20. The maximum atomic E-state index is 13.5. The van der Waals surface area contributed by atoms with E-state index in [1.165, 1.54) is 6.07 Å². The summed E-state index contributed by atoms with van der Waals surface area (Å²) < 4.78 is 52.6. The first-order valence-electron chi connectivity index (χ1n) is 5.04. The molecule has 98 valence electrons. The lowest BCUT2D eigenvalue weighted by Crippen LogP contribution is -2.07. The lowest BCUT2D eigenvalue weighted by Gasteiger charge is -2.06. The first kappa shape index (κ1) is 13.7. The van der Waals surface area contributed by atoms with Crippen LogP contribution < -0.4 is 0 Å². The van der Waals surface area contributed by atoms with Crippen LogP contribution in [0.4, 0.5) is 17.6 Å². The van der Waals surface area contributed by atoms with Gasteiger partial charge < -0.3 is 0 Å². The van der Waals surface area contributed by atoms with Gasteiger partial charge in [0.05, 0.1) is 5.56 Å². The summed E-state index contributed by atoms with van der Waals surface area (Å²) in [5.74, 6) is -5.60. The van der Waals surface area contributed by atoms with Crippen molar-refractivity contribution in [1.29, 1.82) is 0 Å². The molecule has 0 saturated heterocycles. The van der Waals surface area contributed by atoms with Crippen molar-refractivity contribution in [2.75, 3.05) is 0 Å². The van der Waals surface area contributed by atoms with Gasteiger partial charge in [0.15, 0.2) is 17.4 Å². The fourth-order valence-electron chi connectivity index (χ4n) is 1.51. The molecule has 0 aliphatic rings. The van der Waals surface area contributed by atoms with Gasteiger partial charge in [-0.15, -0.1) is 0 Å². The Morgan fingerprint density at radius 1 is 0.842 bits per heavy atom. The number of carbonyl (C=O) groups excluding carboxylic acids is 1. The molecule has 0 amide bonds. The average molecular weight is 333 g/mol. The van der Waals surface area contributed by atoms with Crippen LogP contribution in [-0.4, -0.2) is 5.78 Å². The van der Waals surface area contributed by atoms with Crippen LogP contribution >= 0.6 is 15.9 Å². The quantitative estimate of drug-likeness (QED) is 0.457. The van der Waals surface area contributed by atoms with Crippen molar-refractivity contribution in [2.24, 2.45) is 0 Å². The van der Waals surface area contributed by atoms with Crippen molar-refractivity contribution in [3.05, 3.63) is 69.2 Å². The molecular weight excluding hydrogens is 328 g/mol. The highest BCUT2D eigenvalue weighted by molar-refractivity contribution is 9.10. The highest BCUT2D eigenvalue weighted by atomic mass is 79.9. The minimum Gasteiger partial charge on any atom is -0.288 e. The Balaban J connectivity index is 2.56. The highest BCUT2D eigenvalue weighted by Crippen LogP contribution is 2.23. The number of benzene rings is 2. The molecule has 1 nitrogen and oxygen atoms in total. The van der Waals surface area contributed by atoms with Crippen LogP contribution in [0.1, 0.15) is 15.9 Å². The van der Waals surface area contributed by atoms with E-state index < -0.39 is 34.6 Å². The van der Waals surface area contributed by atoms with Gasteiger partial charge in [0.1, 0.15) is 11.6 Å². The largest absolute Gasteiger partial charge is 0.288 e. The van der Waals surface area contributed by atoms with Crippen LogP contribution in [0, 0.1) is 23.3 Å². The Morgan fingerprint density at radius 2 is 1.47 bits per heavy atom. The van der Waals surface area contributed by atoms with Crippen molar-refractivity contribution in [3.63, 3.8) is 0 Å². The second-order valence-corrected chi connectivity index (χ2v) is 4.55. The Kier molecular flexibility index (Phi) is 3.71. The number of carbonyl (C=O) groups is 1. The fourth-order valence-corrected chi connectivity index (χ4v) is 1.94. The van der Waals surface area contributed by atoms with Gasteiger partial charge in [-0.05, 0) is 24.3 Å². The zero-order valence-corrected chi connectivity index (χ0v) is 10.8. The molecular formula is C13H5BrF4O. The molecule has 0 fully saturated rings. The maximum absolute atomic E-state index is 13.5. The number of halogens is 5. The second-order valence-electron chi connectivity index (χ2n) is 3.70. The third-order valence-corrected chi connectivity index (χ3v) is 3.12. The third-order valence-electron chi connectivity index (χ3n) is 2.43. The minimum absolute atomic E-state index is 0.176. The summed E-state index contributed by atoms with van der Waals surface area (Å²) in [4.78, 5) is 12.0. The van der Waals surface area contributed by atoms with Gasteiger partial charge in [-0.1, -0.05) is 15.9 Å². The van der Waals surface area contributed by atoms with Gasteiger partial charge in [-0.25, -0.2) is 17.6 Å². The van der Waals surface area contributed by atoms with Gasteiger partial charge in [0, 0.05) is 16.1 Å². The molecule has 0 saturated carbocycles. The van der Waals surface area contributed by atoms with Crippen LogP contribution in [0.15, 0.2) is 34.8 Å². The van der Waals surface area contributed by atoms with Gasteiger partial charge in [0.25, 0.3) is 0 Å². The first-order valence-corrected chi connectivity index (χ1v) is 5.83. The Bertz CT molecular complexity index is 670. The van der Waals surface area contributed by atoms with Crippen molar-refractivity contribution in [3.8, 4) is 0 Å². The van der Waals surface area contributed by atoms with E-state index in [9.17, 15) is 22.4 Å². The number of rotatable bonds is 2. The molecule has 0 spiro atoms. The molecule has 0 heterocycles. The van der Waals surface area contributed by atoms with Crippen LogP contribution in [0.25, 0.3) is 0 Å². The van der Waals surface area contributed by atoms with Gasteiger partial charge >= 0.3 is 0 Å². The van der Waals surface area contributed by atoms with E-state index in [0.717, 1.165) is 12.1 Å². The van der Waals surface area contributed by atoms with Crippen LogP contribution in [0.5, 0.6) is 0 Å². The molecule has 0 unspecified atom stereocenters. The fraction of sp³-hybridized carbons (Fsp3) is 0. The van der Waals surface area contributed by atoms with Crippen LogP contribution in [-0.2, 0) is 0 Å². The lowest BCUT2D eigenvalue weighted by molar-refractivity contribution is 0.103. The first-order chi connectivity index (χ1) is 8.90. The molecule has 2 aromatic rings. The topological polar surface area (TPSA) is 17.1 Å². The van der Waals surface area contributed by atoms with E-state index in [1.807, 2.05) is 0 Å². The summed E-state index contributed by atoms with van der Waals surface area (Å²) in [5, 5.41) is 0. The van der Waals surface area contributed by atoms with Gasteiger partial charge in [-0.2, -0.15) is 0 Å². The molecule has 19 heavy (non-hydrogen) atoms. The molecule has 0 aliphatic carbocycles. The summed E-state index contributed by atoms with van der Waals surface area (Å²) in [6.45, 7) is 0. The third kappa shape index (κ3) is 2.68.